The number of nitrogens with one attached hydrogen (secondary N) is 1. The van der Waals surface area contributed by atoms with Crippen LogP contribution in [0.5, 0.6) is 0 Å². The Morgan fingerprint density at radius 2 is 1.81 bits per heavy atom. The first-order valence-electron chi connectivity index (χ1n) is 10.1. The molecule has 0 unspecified atom stereocenters. The molecule has 4 rings (SSSR count). The summed E-state index contributed by atoms with van der Waals surface area (Å²) in [6.07, 6.45) is 2.82. The van der Waals surface area contributed by atoms with Crippen LogP contribution in [0, 0.1) is 5.82 Å². The predicted molar refractivity (Wildman–Crippen MR) is 116 cm³/mol. The van der Waals surface area contributed by atoms with Crippen LogP contribution in [-0.2, 0) is 9.53 Å². The summed E-state index contributed by atoms with van der Waals surface area (Å²) in [5.41, 5.74) is 8.35. The molecular weight excluding hydrogens is 413 g/mol. The highest BCUT2D eigenvalue weighted by molar-refractivity contribution is 5.93. The van der Waals surface area contributed by atoms with E-state index < -0.39 is 5.91 Å². The number of hydrogen-bond acceptors (Lipinski definition) is 6. The number of hydrogen-bond donors (Lipinski definition) is 2. The molecule has 2 amide bonds. The molecule has 1 saturated heterocycles. The van der Waals surface area contributed by atoms with E-state index >= 15 is 0 Å². The maximum absolute atomic E-state index is 13.0. The van der Waals surface area contributed by atoms with Crippen molar-refractivity contribution in [3.8, 4) is 11.3 Å². The van der Waals surface area contributed by atoms with Gasteiger partial charge in [0.15, 0.2) is 0 Å². The van der Waals surface area contributed by atoms with Gasteiger partial charge in [-0.1, -0.05) is 12.1 Å². The first-order chi connectivity index (χ1) is 15.5. The van der Waals surface area contributed by atoms with Crippen molar-refractivity contribution in [1.29, 1.82) is 0 Å². The van der Waals surface area contributed by atoms with Gasteiger partial charge in [-0.3, -0.25) is 24.5 Å². The van der Waals surface area contributed by atoms with Gasteiger partial charge >= 0.3 is 0 Å². The van der Waals surface area contributed by atoms with Crippen molar-refractivity contribution < 1.29 is 18.7 Å². The Morgan fingerprint density at radius 3 is 2.53 bits per heavy atom. The fraction of sp³-hybridized carbons (Fsp3) is 0.217. The summed E-state index contributed by atoms with van der Waals surface area (Å²) in [7, 11) is 0. The van der Waals surface area contributed by atoms with Crippen LogP contribution in [0.25, 0.3) is 11.3 Å². The number of morpholine rings is 1. The highest BCUT2D eigenvalue weighted by Crippen LogP contribution is 2.29. The summed E-state index contributed by atoms with van der Waals surface area (Å²) in [6, 6.07) is 12.5. The minimum absolute atomic E-state index is 0.167. The zero-order chi connectivity index (χ0) is 22.5. The van der Waals surface area contributed by atoms with Crippen LogP contribution in [0.15, 0.2) is 60.9 Å². The first-order valence-corrected chi connectivity index (χ1v) is 10.1. The summed E-state index contributed by atoms with van der Waals surface area (Å²) >= 11 is 0. The summed E-state index contributed by atoms with van der Waals surface area (Å²) < 4.78 is 19.0. The normalized spacial score (nSPS) is 16.5. The van der Waals surface area contributed by atoms with Gasteiger partial charge in [-0.15, -0.1) is 0 Å². The van der Waals surface area contributed by atoms with E-state index in [2.05, 4.69) is 15.3 Å². The molecule has 2 aromatic carbocycles. The molecular formula is C23H22FN5O3. The summed E-state index contributed by atoms with van der Waals surface area (Å²) in [4.78, 5) is 34.7. The third kappa shape index (κ3) is 5.13. The maximum Gasteiger partial charge on any atom is 0.248 e. The third-order valence-electron chi connectivity index (χ3n) is 5.12. The van der Waals surface area contributed by atoms with E-state index in [1.54, 1.807) is 36.7 Å². The smallest absolute Gasteiger partial charge is 0.248 e. The standard InChI is InChI=1S/C23H22FN5O3/c24-17-5-7-18(8-6-17)28-20(30)14-29-11-12-32-19(13-29)22-21(26-9-10-27-22)15-1-3-16(4-2-15)23(25)31/h1-10,19H,11-14H2,(H2,25,31)(H,28,30)/t19-/m0/s1. The van der Waals surface area contributed by atoms with E-state index in [1.165, 1.54) is 24.3 Å². The number of benzene rings is 2. The van der Waals surface area contributed by atoms with E-state index in [0.29, 0.717) is 42.3 Å². The van der Waals surface area contributed by atoms with Crippen molar-refractivity contribution in [2.24, 2.45) is 5.73 Å². The van der Waals surface area contributed by atoms with Gasteiger partial charge < -0.3 is 15.8 Å². The van der Waals surface area contributed by atoms with Gasteiger partial charge in [0.2, 0.25) is 11.8 Å². The molecule has 164 valence electrons. The van der Waals surface area contributed by atoms with Gasteiger partial charge in [-0.25, -0.2) is 4.39 Å². The predicted octanol–water partition coefficient (Wildman–Crippen LogP) is 2.39. The van der Waals surface area contributed by atoms with Gasteiger partial charge in [0.1, 0.15) is 11.9 Å². The Balaban J connectivity index is 1.46. The van der Waals surface area contributed by atoms with Crippen LogP contribution in [-0.4, -0.2) is 52.9 Å². The molecule has 0 spiro atoms. The average molecular weight is 435 g/mol. The number of rotatable bonds is 6. The van der Waals surface area contributed by atoms with Gasteiger partial charge in [0, 0.05) is 42.3 Å². The molecule has 8 nitrogen and oxygen atoms in total. The van der Waals surface area contributed by atoms with Crippen molar-refractivity contribution in [1.82, 2.24) is 14.9 Å². The molecule has 3 N–H and O–H groups in total. The number of anilines is 1. The van der Waals surface area contributed by atoms with E-state index in [-0.39, 0.29) is 24.4 Å². The lowest BCUT2D eigenvalue weighted by Crippen LogP contribution is -2.42. The Kier molecular flexibility index (Phi) is 6.48. The molecule has 1 atom stereocenters. The maximum atomic E-state index is 13.0. The number of amides is 2. The van der Waals surface area contributed by atoms with Crippen molar-refractivity contribution >= 4 is 17.5 Å². The van der Waals surface area contributed by atoms with Gasteiger partial charge in [0.25, 0.3) is 0 Å². The van der Waals surface area contributed by atoms with E-state index in [9.17, 15) is 14.0 Å². The molecule has 1 fully saturated rings. The zero-order valence-corrected chi connectivity index (χ0v) is 17.2. The topological polar surface area (TPSA) is 110 Å². The van der Waals surface area contributed by atoms with E-state index in [4.69, 9.17) is 10.5 Å². The highest BCUT2D eigenvalue weighted by Gasteiger charge is 2.27. The summed E-state index contributed by atoms with van der Waals surface area (Å²) in [5, 5.41) is 2.77. The molecule has 1 aliphatic rings. The molecule has 0 saturated carbocycles. The fourth-order valence-corrected chi connectivity index (χ4v) is 3.55. The molecule has 0 radical (unpaired) electrons. The lowest BCUT2D eigenvalue weighted by Gasteiger charge is -2.32. The molecule has 3 aromatic rings. The lowest BCUT2D eigenvalue weighted by atomic mass is 10.0. The minimum Gasteiger partial charge on any atom is -0.369 e. The fourth-order valence-electron chi connectivity index (χ4n) is 3.55. The summed E-state index contributed by atoms with van der Waals surface area (Å²) in [6.45, 7) is 1.66. The molecule has 0 aliphatic carbocycles. The number of nitrogens with zero attached hydrogens (tertiary/aromatic N) is 3. The minimum atomic E-state index is -0.499. The second-order valence-corrected chi connectivity index (χ2v) is 7.38. The lowest BCUT2D eigenvalue weighted by molar-refractivity contribution is -0.119. The number of primary amides is 1. The van der Waals surface area contributed by atoms with E-state index in [0.717, 1.165) is 5.56 Å². The van der Waals surface area contributed by atoms with Crippen molar-refractivity contribution in [2.75, 3.05) is 31.6 Å². The van der Waals surface area contributed by atoms with Crippen molar-refractivity contribution in [3.05, 3.63) is 78.0 Å². The molecule has 32 heavy (non-hydrogen) atoms. The second kappa shape index (κ2) is 9.63. The second-order valence-electron chi connectivity index (χ2n) is 7.38. The number of halogens is 1. The number of ether oxygens (including phenoxy) is 1. The Labute approximate surface area is 184 Å². The van der Waals surface area contributed by atoms with Crippen LogP contribution in [0.2, 0.25) is 0 Å². The highest BCUT2D eigenvalue weighted by atomic mass is 19.1. The Bertz CT molecular complexity index is 1110. The molecule has 2 heterocycles. The summed E-state index contributed by atoms with van der Waals surface area (Å²) in [5.74, 6) is -1.05. The first kappa shape index (κ1) is 21.5. The Morgan fingerprint density at radius 1 is 1.09 bits per heavy atom. The molecule has 1 aromatic heterocycles. The van der Waals surface area contributed by atoms with Gasteiger partial charge in [-0.05, 0) is 36.4 Å². The average Bonchev–Trinajstić information content (AvgIpc) is 2.81. The van der Waals surface area contributed by atoms with Crippen molar-refractivity contribution in [2.45, 2.75) is 6.10 Å². The molecule has 9 heteroatoms. The number of nitrogens with two attached hydrogens (primary N) is 1. The zero-order valence-electron chi connectivity index (χ0n) is 17.2. The number of carbonyl (C=O) groups excluding carboxylic acids is 2. The van der Waals surface area contributed by atoms with E-state index in [1.807, 2.05) is 4.90 Å². The largest absolute Gasteiger partial charge is 0.369 e. The Hall–Kier alpha value is -3.69. The van der Waals surface area contributed by atoms with Crippen LogP contribution < -0.4 is 11.1 Å². The monoisotopic (exact) mass is 435 g/mol. The third-order valence-corrected chi connectivity index (χ3v) is 5.12. The van der Waals surface area contributed by atoms with Crippen LogP contribution in [0.1, 0.15) is 22.2 Å². The van der Waals surface area contributed by atoms with Crippen molar-refractivity contribution in [3.63, 3.8) is 0 Å². The number of carbonyl (C=O) groups is 2. The molecule has 0 bridgehead atoms. The quantitative estimate of drug-likeness (QED) is 0.615. The van der Waals surface area contributed by atoms with Gasteiger partial charge in [0.05, 0.1) is 24.5 Å². The molecule has 1 aliphatic heterocycles. The van der Waals surface area contributed by atoms with Crippen LogP contribution in [0.4, 0.5) is 10.1 Å². The van der Waals surface area contributed by atoms with Gasteiger partial charge in [-0.2, -0.15) is 0 Å². The van der Waals surface area contributed by atoms with Crippen LogP contribution in [0.3, 0.4) is 0 Å². The van der Waals surface area contributed by atoms with Crippen LogP contribution >= 0.6 is 0 Å². The SMILES string of the molecule is NC(=O)c1ccc(-c2nccnc2[C@@H]2CN(CC(=O)Nc3ccc(F)cc3)CCO2)cc1. The number of aromatic nitrogens is 2.